The number of carbonyl (C=O) groups is 1. The molecule has 2 unspecified atom stereocenters. The van der Waals surface area contributed by atoms with E-state index in [0.29, 0.717) is 13.0 Å². The van der Waals surface area contributed by atoms with Crippen LogP contribution in [0.1, 0.15) is 60.1 Å². The number of phosphoric acid groups is 1. The van der Waals surface area contributed by atoms with Crippen molar-refractivity contribution < 1.29 is 46.6 Å². The molecule has 14 nitrogen and oxygen atoms in total. The third kappa shape index (κ3) is 9.05. The number of H-pyrrole nitrogens is 1. The van der Waals surface area contributed by atoms with Crippen molar-refractivity contribution >= 4 is 13.8 Å². The number of methoxy groups -OCH3 is 1. The Bertz CT molecular complexity index is 1120. The third-order valence-corrected chi connectivity index (χ3v) is 7.66. The van der Waals surface area contributed by atoms with Gasteiger partial charge in [0.05, 0.1) is 24.7 Å². The number of hydrogen-bond acceptors (Lipinski definition) is 12. The quantitative estimate of drug-likeness (QED) is 0.203. The lowest BCUT2D eigenvalue weighted by Crippen LogP contribution is -2.43. The van der Waals surface area contributed by atoms with Gasteiger partial charge in [0.15, 0.2) is 12.5 Å². The second-order valence-electron chi connectivity index (χ2n) is 10.8. The largest absolute Gasteiger partial charge is 0.475 e. The van der Waals surface area contributed by atoms with Crippen molar-refractivity contribution in [3.8, 4) is 0 Å². The van der Waals surface area contributed by atoms with Crippen LogP contribution in [0, 0.1) is 5.41 Å². The summed E-state index contributed by atoms with van der Waals surface area (Å²) in [7, 11) is -2.80. The fourth-order valence-corrected chi connectivity index (χ4v) is 5.60. The third-order valence-electron chi connectivity index (χ3n) is 5.98. The molecule has 3 heterocycles. The summed E-state index contributed by atoms with van der Waals surface area (Å²) >= 11 is 0. The Morgan fingerprint density at radius 1 is 1.20 bits per heavy atom. The van der Waals surface area contributed by atoms with Crippen LogP contribution >= 0.6 is 7.82 Å². The van der Waals surface area contributed by atoms with Crippen molar-refractivity contribution in [1.29, 1.82) is 0 Å². The van der Waals surface area contributed by atoms with Crippen molar-refractivity contribution in [2.45, 2.75) is 90.8 Å². The van der Waals surface area contributed by atoms with E-state index >= 15 is 0 Å². The van der Waals surface area contributed by atoms with E-state index in [0.717, 1.165) is 23.5 Å². The van der Waals surface area contributed by atoms with Gasteiger partial charge < -0.3 is 23.7 Å². The van der Waals surface area contributed by atoms with Gasteiger partial charge in [-0.15, -0.1) is 0 Å². The number of aromatic nitrogens is 2. The molecule has 1 N–H and O–H groups in total. The minimum atomic E-state index is -4.27. The predicted octanol–water partition coefficient (Wildman–Crippen LogP) is 2.52. The summed E-state index contributed by atoms with van der Waals surface area (Å²) in [5.74, 6) is -0.509. The topological polar surface area (TPSA) is 163 Å². The number of aromatic amines is 1. The first kappa shape index (κ1) is 32.6. The summed E-state index contributed by atoms with van der Waals surface area (Å²) in [6.07, 6.45) is -2.28. The van der Waals surface area contributed by atoms with E-state index in [9.17, 15) is 18.9 Å². The second-order valence-corrected chi connectivity index (χ2v) is 12.4. The van der Waals surface area contributed by atoms with Crippen molar-refractivity contribution in [3.63, 3.8) is 0 Å². The number of esters is 1. The minimum absolute atomic E-state index is 0.0994. The van der Waals surface area contributed by atoms with Gasteiger partial charge >= 0.3 is 19.5 Å². The Balaban J connectivity index is 2.01. The molecule has 15 heteroatoms. The average molecular weight is 593 g/mol. The van der Waals surface area contributed by atoms with E-state index in [2.05, 4.69) is 4.98 Å². The number of nitrogens with zero attached hydrogens (tertiary/aromatic N) is 1. The highest BCUT2D eigenvalue weighted by Gasteiger charge is 2.53. The Labute approximate surface area is 233 Å². The van der Waals surface area contributed by atoms with Gasteiger partial charge in [-0.2, -0.15) is 0 Å². The molecular formula is C25H41N2O12P. The molecule has 0 aliphatic carbocycles. The van der Waals surface area contributed by atoms with E-state index in [1.807, 2.05) is 0 Å². The van der Waals surface area contributed by atoms with Gasteiger partial charge in [-0.3, -0.25) is 32.7 Å². The second kappa shape index (κ2) is 14.3. The van der Waals surface area contributed by atoms with E-state index in [1.54, 1.807) is 34.6 Å². The molecule has 0 spiro atoms. The summed E-state index contributed by atoms with van der Waals surface area (Å²) in [6, 6.07) is 1.16. The van der Waals surface area contributed by atoms with Gasteiger partial charge in [0.1, 0.15) is 24.9 Å². The maximum absolute atomic E-state index is 13.8. The van der Waals surface area contributed by atoms with Gasteiger partial charge in [-0.05, 0) is 53.9 Å². The van der Waals surface area contributed by atoms with E-state index in [-0.39, 0.29) is 19.8 Å². The molecule has 0 saturated carbocycles. The molecule has 2 aliphatic heterocycles. The summed E-state index contributed by atoms with van der Waals surface area (Å²) in [4.78, 5) is 39.3. The van der Waals surface area contributed by atoms with Crippen molar-refractivity contribution in [1.82, 2.24) is 9.55 Å². The molecule has 1 aromatic heterocycles. The van der Waals surface area contributed by atoms with Crippen LogP contribution in [-0.2, 0) is 46.6 Å². The zero-order valence-electron chi connectivity index (χ0n) is 23.9. The molecular weight excluding hydrogens is 551 g/mol. The summed E-state index contributed by atoms with van der Waals surface area (Å²) in [5.41, 5.74) is -2.17. The van der Waals surface area contributed by atoms with Gasteiger partial charge in [-0.1, -0.05) is 0 Å². The van der Waals surface area contributed by atoms with Gasteiger partial charge in [0.2, 0.25) is 0 Å². The number of hydrogen-bond donors (Lipinski definition) is 1. The molecule has 3 rings (SSSR count). The number of rotatable bonds is 13. The number of nitrogens with one attached hydrogen (secondary N) is 1. The lowest BCUT2D eigenvalue weighted by Gasteiger charge is -2.32. The molecule has 0 aromatic carbocycles. The Morgan fingerprint density at radius 3 is 2.55 bits per heavy atom. The van der Waals surface area contributed by atoms with Gasteiger partial charge in [-0.25, -0.2) is 9.36 Å². The standard InChI is InChI=1S/C25H41N2O12P/c1-16(2)38-40(31,35-14-13-32-6)39-20-17(15-34-23(29)25(3,4)5)36-22(27-11-10-18(28)26-24(27)30)21(20)37-19-9-7-8-12-33-19/h10-11,16-17,19-22H,7-9,12-15H2,1-6H3,(H,26,28,30)/t17-,19?,20-,21-,22-,40?/m1/s1. The predicted molar refractivity (Wildman–Crippen MR) is 141 cm³/mol. The average Bonchev–Trinajstić information content (AvgIpc) is 3.18. The molecule has 0 radical (unpaired) electrons. The number of carbonyl (C=O) groups excluding carboxylic acids is 1. The molecule has 0 bridgehead atoms. The van der Waals surface area contributed by atoms with E-state index in [4.69, 9.17) is 37.3 Å². The van der Waals surface area contributed by atoms with Crippen LogP contribution in [0.15, 0.2) is 21.9 Å². The van der Waals surface area contributed by atoms with Crippen LogP contribution in [-0.4, -0.2) is 79.8 Å². The normalized spacial score (nSPS) is 27.0. The SMILES string of the molecule is COCCOP(=O)(OC(C)C)O[C@H]1[C@@H](OC2CCCCO2)[C@H](n2ccc(=O)[nH]c2=O)O[C@@H]1COC(=O)C(C)(C)C. The molecule has 0 amide bonds. The van der Waals surface area contributed by atoms with E-state index in [1.165, 1.54) is 13.3 Å². The lowest BCUT2D eigenvalue weighted by molar-refractivity contribution is -0.215. The fraction of sp³-hybridized carbons (Fsp3) is 0.800. The monoisotopic (exact) mass is 592 g/mol. The molecule has 2 saturated heterocycles. The summed E-state index contributed by atoms with van der Waals surface area (Å²) in [5, 5.41) is 0. The molecule has 2 aliphatic rings. The smallest absolute Gasteiger partial charge is 0.462 e. The molecule has 40 heavy (non-hydrogen) atoms. The zero-order chi connectivity index (χ0) is 29.5. The van der Waals surface area contributed by atoms with Gasteiger partial charge in [0, 0.05) is 26.0 Å². The first-order chi connectivity index (χ1) is 18.8. The fourth-order valence-electron chi connectivity index (χ4n) is 4.06. The summed E-state index contributed by atoms with van der Waals surface area (Å²) in [6.45, 7) is 8.58. The van der Waals surface area contributed by atoms with Crippen LogP contribution in [0.4, 0.5) is 0 Å². The first-order valence-electron chi connectivity index (χ1n) is 13.3. The van der Waals surface area contributed by atoms with Crippen LogP contribution in [0.3, 0.4) is 0 Å². The Morgan fingerprint density at radius 2 is 1.95 bits per heavy atom. The highest BCUT2D eigenvalue weighted by Crippen LogP contribution is 2.54. The van der Waals surface area contributed by atoms with E-state index < -0.39 is 67.4 Å². The Kier molecular flexibility index (Phi) is 11.7. The maximum Gasteiger partial charge on any atom is 0.475 e. The highest BCUT2D eigenvalue weighted by molar-refractivity contribution is 7.48. The number of phosphoric ester groups is 1. The zero-order valence-corrected chi connectivity index (χ0v) is 24.8. The first-order valence-corrected chi connectivity index (χ1v) is 14.8. The highest BCUT2D eigenvalue weighted by atomic mass is 31.2. The van der Waals surface area contributed by atoms with Crippen molar-refractivity contribution in [2.24, 2.45) is 5.41 Å². The molecule has 228 valence electrons. The van der Waals surface area contributed by atoms with Gasteiger partial charge in [0.25, 0.3) is 5.56 Å². The Hall–Kier alpha value is -1.90. The summed E-state index contributed by atoms with van der Waals surface area (Å²) < 4.78 is 60.8. The van der Waals surface area contributed by atoms with Crippen LogP contribution in [0.2, 0.25) is 0 Å². The van der Waals surface area contributed by atoms with Crippen LogP contribution in [0.5, 0.6) is 0 Å². The minimum Gasteiger partial charge on any atom is -0.462 e. The van der Waals surface area contributed by atoms with Crippen LogP contribution in [0.25, 0.3) is 0 Å². The van der Waals surface area contributed by atoms with Crippen LogP contribution < -0.4 is 11.2 Å². The van der Waals surface area contributed by atoms with Crippen molar-refractivity contribution in [3.05, 3.63) is 33.1 Å². The lowest BCUT2D eigenvalue weighted by atomic mass is 9.97. The molecule has 6 atom stereocenters. The van der Waals surface area contributed by atoms with Crippen molar-refractivity contribution in [2.75, 3.05) is 33.5 Å². The number of ether oxygens (including phenoxy) is 5. The maximum atomic E-state index is 13.8. The molecule has 1 aromatic rings. The molecule has 2 fully saturated rings.